The molecule has 0 aliphatic heterocycles. The standard InChI is InChI=1S/C21H18ClN5O3S/c1-12-9-13(7-8-15(12)22)27-20(29)14-10-23-26-19(14)25-21(27)31-11-18(28)24-16-5-3-4-6-17(16)30-2/h3-10H,11H2,1-2H3,(H,23,26)(H,24,28). The van der Waals surface area contributed by atoms with E-state index in [0.717, 1.165) is 17.3 Å². The number of H-pyrrole nitrogens is 1. The highest BCUT2D eigenvalue weighted by Crippen LogP contribution is 2.26. The quantitative estimate of drug-likeness (QED) is 0.338. The molecule has 1 amide bonds. The summed E-state index contributed by atoms with van der Waals surface area (Å²) in [6, 6.07) is 12.4. The fourth-order valence-corrected chi connectivity index (χ4v) is 3.95. The molecule has 8 nitrogen and oxygen atoms in total. The summed E-state index contributed by atoms with van der Waals surface area (Å²) in [5.41, 5.74) is 2.07. The van der Waals surface area contributed by atoms with Gasteiger partial charge in [-0.3, -0.25) is 19.3 Å². The summed E-state index contributed by atoms with van der Waals surface area (Å²) in [5, 5.41) is 10.8. The number of anilines is 1. The van der Waals surface area contributed by atoms with E-state index in [1.165, 1.54) is 17.9 Å². The van der Waals surface area contributed by atoms with E-state index >= 15 is 0 Å². The first kappa shape index (κ1) is 21.0. The molecule has 4 rings (SSSR count). The van der Waals surface area contributed by atoms with E-state index in [2.05, 4.69) is 20.5 Å². The monoisotopic (exact) mass is 455 g/mol. The number of aromatic nitrogens is 4. The highest BCUT2D eigenvalue weighted by Gasteiger charge is 2.17. The number of hydrogen-bond acceptors (Lipinski definition) is 6. The van der Waals surface area contributed by atoms with Gasteiger partial charge in [-0.15, -0.1) is 0 Å². The van der Waals surface area contributed by atoms with Crippen LogP contribution >= 0.6 is 23.4 Å². The van der Waals surface area contributed by atoms with Crippen LogP contribution in [0.3, 0.4) is 0 Å². The number of aromatic amines is 1. The van der Waals surface area contributed by atoms with Crippen LogP contribution in [0, 0.1) is 6.92 Å². The maximum absolute atomic E-state index is 13.1. The summed E-state index contributed by atoms with van der Waals surface area (Å²) in [6.45, 7) is 1.86. The fourth-order valence-electron chi connectivity index (χ4n) is 3.03. The number of nitrogens with one attached hydrogen (secondary N) is 2. The van der Waals surface area contributed by atoms with Gasteiger partial charge in [0.25, 0.3) is 5.56 Å². The Bertz CT molecular complexity index is 1330. The topological polar surface area (TPSA) is 102 Å². The van der Waals surface area contributed by atoms with Gasteiger partial charge in [-0.1, -0.05) is 35.5 Å². The highest BCUT2D eigenvalue weighted by atomic mass is 35.5. The minimum Gasteiger partial charge on any atom is -0.495 e. The molecule has 4 aromatic rings. The molecule has 158 valence electrons. The number of rotatable bonds is 6. The molecule has 0 fully saturated rings. The van der Waals surface area contributed by atoms with Gasteiger partial charge in [0.15, 0.2) is 10.8 Å². The zero-order valence-electron chi connectivity index (χ0n) is 16.7. The van der Waals surface area contributed by atoms with Crippen molar-refractivity contribution in [3.8, 4) is 11.4 Å². The van der Waals surface area contributed by atoms with Crippen molar-refractivity contribution < 1.29 is 9.53 Å². The van der Waals surface area contributed by atoms with Crippen molar-refractivity contribution >= 4 is 46.0 Å². The molecular weight excluding hydrogens is 438 g/mol. The van der Waals surface area contributed by atoms with Crippen LogP contribution in [0.4, 0.5) is 5.69 Å². The number of hydrogen-bond donors (Lipinski definition) is 2. The van der Waals surface area contributed by atoms with Crippen LogP contribution in [0.15, 0.2) is 58.6 Å². The molecule has 0 radical (unpaired) electrons. The van der Waals surface area contributed by atoms with Crippen molar-refractivity contribution in [2.24, 2.45) is 0 Å². The van der Waals surface area contributed by atoms with E-state index in [1.807, 2.05) is 13.0 Å². The molecule has 0 spiro atoms. The van der Waals surface area contributed by atoms with E-state index in [1.54, 1.807) is 36.4 Å². The number of ether oxygens (including phenoxy) is 1. The minimum absolute atomic E-state index is 0.0384. The molecule has 0 aliphatic carbocycles. The molecule has 31 heavy (non-hydrogen) atoms. The lowest BCUT2D eigenvalue weighted by molar-refractivity contribution is -0.113. The molecule has 0 bridgehead atoms. The average molecular weight is 456 g/mol. The summed E-state index contributed by atoms with van der Waals surface area (Å²) < 4.78 is 6.72. The Kier molecular flexibility index (Phi) is 5.97. The number of fused-ring (bicyclic) bond motifs is 1. The van der Waals surface area contributed by atoms with Crippen LogP contribution in [0.2, 0.25) is 5.02 Å². The van der Waals surface area contributed by atoms with Crippen LogP contribution in [-0.2, 0) is 4.79 Å². The van der Waals surface area contributed by atoms with Crippen molar-refractivity contribution in [1.29, 1.82) is 0 Å². The third kappa shape index (κ3) is 4.28. The normalized spacial score (nSPS) is 10.9. The van der Waals surface area contributed by atoms with Crippen molar-refractivity contribution in [3.05, 3.63) is 69.6 Å². The van der Waals surface area contributed by atoms with E-state index in [4.69, 9.17) is 16.3 Å². The maximum Gasteiger partial charge on any atom is 0.269 e. The van der Waals surface area contributed by atoms with E-state index in [-0.39, 0.29) is 17.2 Å². The Morgan fingerprint density at radius 3 is 2.87 bits per heavy atom. The summed E-state index contributed by atoms with van der Waals surface area (Å²) in [4.78, 5) is 30.2. The molecule has 2 heterocycles. The lowest BCUT2D eigenvalue weighted by Gasteiger charge is -2.13. The lowest BCUT2D eigenvalue weighted by Crippen LogP contribution is -2.22. The predicted molar refractivity (Wildman–Crippen MR) is 122 cm³/mol. The van der Waals surface area contributed by atoms with Crippen molar-refractivity contribution in [1.82, 2.24) is 19.7 Å². The van der Waals surface area contributed by atoms with E-state index in [0.29, 0.717) is 38.3 Å². The number of nitrogens with zero attached hydrogens (tertiary/aromatic N) is 3. The number of aryl methyl sites for hydroxylation is 1. The number of benzene rings is 2. The molecule has 2 aromatic carbocycles. The van der Waals surface area contributed by atoms with Gasteiger partial charge in [0.2, 0.25) is 5.91 Å². The van der Waals surface area contributed by atoms with Crippen LogP contribution < -0.4 is 15.6 Å². The van der Waals surface area contributed by atoms with Crippen LogP contribution in [0.1, 0.15) is 5.56 Å². The molecular formula is C21H18ClN5O3S. The summed E-state index contributed by atoms with van der Waals surface area (Å²) in [6.07, 6.45) is 1.44. The molecule has 0 aliphatic rings. The van der Waals surface area contributed by atoms with Crippen LogP contribution in [0.25, 0.3) is 16.7 Å². The Hall–Kier alpha value is -3.30. The molecule has 0 saturated heterocycles. The second-order valence-electron chi connectivity index (χ2n) is 6.64. The summed E-state index contributed by atoms with van der Waals surface area (Å²) in [7, 11) is 1.54. The number of methoxy groups -OCH3 is 1. The van der Waals surface area contributed by atoms with E-state index in [9.17, 15) is 9.59 Å². The van der Waals surface area contributed by atoms with Gasteiger partial charge >= 0.3 is 0 Å². The van der Waals surface area contributed by atoms with Gasteiger partial charge in [-0.25, -0.2) is 4.98 Å². The number of para-hydroxylation sites is 2. The number of halogens is 1. The maximum atomic E-state index is 13.1. The minimum atomic E-state index is -0.284. The Labute approximate surface area is 186 Å². The van der Waals surface area contributed by atoms with Gasteiger partial charge in [-0.05, 0) is 42.8 Å². The van der Waals surface area contributed by atoms with Crippen molar-refractivity contribution in [2.45, 2.75) is 12.1 Å². The highest BCUT2D eigenvalue weighted by molar-refractivity contribution is 7.99. The smallest absolute Gasteiger partial charge is 0.269 e. The second-order valence-corrected chi connectivity index (χ2v) is 7.99. The number of carbonyl (C=O) groups is 1. The molecule has 2 N–H and O–H groups in total. The number of amides is 1. The number of thioether (sulfide) groups is 1. The summed E-state index contributed by atoms with van der Waals surface area (Å²) in [5.74, 6) is 0.343. The first-order valence-electron chi connectivity index (χ1n) is 9.26. The van der Waals surface area contributed by atoms with Crippen LogP contribution in [-0.4, -0.2) is 38.5 Å². The van der Waals surface area contributed by atoms with Gasteiger partial charge in [0.05, 0.1) is 30.4 Å². The second kappa shape index (κ2) is 8.83. The third-order valence-corrected chi connectivity index (χ3v) is 5.93. The zero-order chi connectivity index (χ0) is 22.0. The van der Waals surface area contributed by atoms with Gasteiger partial charge < -0.3 is 10.1 Å². The Morgan fingerprint density at radius 1 is 1.29 bits per heavy atom. The summed E-state index contributed by atoms with van der Waals surface area (Å²) >= 11 is 7.29. The molecule has 2 aromatic heterocycles. The zero-order valence-corrected chi connectivity index (χ0v) is 18.3. The molecule has 0 saturated carbocycles. The predicted octanol–water partition coefficient (Wildman–Crippen LogP) is 3.81. The SMILES string of the molecule is COc1ccccc1NC(=O)CSc1nc2[nH]ncc2c(=O)n1-c1ccc(Cl)c(C)c1. The first-order chi connectivity index (χ1) is 15.0. The molecule has 0 unspecified atom stereocenters. The Morgan fingerprint density at radius 2 is 2.10 bits per heavy atom. The van der Waals surface area contributed by atoms with E-state index < -0.39 is 0 Å². The van der Waals surface area contributed by atoms with Gasteiger partial charge in [-0.2, -0.15) is 5.10 Å². The molecule has 0 atom stereocenters. The van der Waals surface area contributed by atoms with Crippen molar-refractivity contribution in [2.75, 3.05) is 18.2 Å². The van der Waals surface area contributed by atoms with Gasteiger partial charge in [0, 0.05) is 5.02 Å². The first-order valence-corrected chi connectivity index (χ1v) is 10.6. The lowest BCUT2D eigenvalue weighted by atomic mass is 10.2. The number of carbonyl (C=O) groups excluding carboxylic acids is 1. The molecule has 10 heteroatoms. The van der Waals surface area contributed by atoms with Crippen LogP contribution in [0.5, 0.6) is 5.75 Å². The fraction of sp³-hybridized carbons (Fsp3) is 0.143. The van der Waals surface area contributed by atoms with Gasteiger partial charge in [0.1, 0.15) is 11.1 Å². The largest absolute Gasteiger partial charge is 0.495 e. The van der Waals surface area contributed by atoms with Crippen molar-refractivity contribution in [3.63, 3.8) is 0 Å². The third-order valence-electron chi connectivity index (χ3n) is 4.56. The average Bonchev–Trinajstić information content (AvgIpc) is 3.24. The Balaban J connectivity index is 1.66.